The van der Waals surface area contributed by atoms with Crippen molar-refractivity contribution in [1.29, 1.82) is 0 Å². The van der Waals surface area contributed by atoms with E-state index in [9.17, 15) is 14.4 Å². The molecule has 0 radical (unpaired) electrons. The first-order valence-corrected chi connectivity index (χ1v) is 24.8. The van der Waals surface area contributed by atoms with E-state index in [1.807, 2.05) is 18.2 Å². The average molecular weight is 987 g/mol. The van der Waals surface area contributed by atoms with Crippen LogP contribution in [0, 0.1) is 21.7 Å². The topological polar surface area (TPSA) is 155 Å². The summed E-state index contributed by atoms with van der Waals surface area (Å²) in [4.78, 5) is 43.5. The minimum atomic E-state index is -0.772. The largest absolute Gasteiger partial charge is 0.493 e. The number of nitrogens with one attached hydrogen (secondary N) is 4. The zero-order valence-corrected chi connectivity index (χ0v) is 42.6. The third-order valence-electron chi connectivity index (χ3n) is 15.7. The summed E-state index contributed by atoms with van der Waals surface area (Å²) in [7, 11) is 9.25. The Labute approximate surface area is 428 Å². The van der Waals surface area contributed by atoms with Crippen LogP contribution in [-0.2, 0) is 5.54 Å². The lowest BCUT2D eigenvalue weighted by molar-refractivity contribution is -0.195. The van der Waals surface area contributed by atoms with Gasteiger partial charge < -0.3 is 44.4 Å². The second-order valence-corrected chi connectivity index (χ2v) is 20.4. The molecule has 0 heterocycles. The number of benzene rings is 6. The monoisotopic (exact) mass is 986 g/mol. The van der Waals surface area contributed by atoms with Crippen LogP contribution in [-0.4, -0.2) is 86.6 Å². The molecule has 4 N–H and O–H groups in total. The number of para-hydroxylation sites is 3. The van der Waals surface area contributed by atoms with Gasteiger partial charge in [-0.25, -0.2) is 0 Å². The molecule has 73 heavy (non-hydrogen) atoms. The Morgan fingerprint density at radius 1 is 0.370 bits per heavy atom. The molecule has 0 aliphatic heterocycles. The summed E-state index contributed by atoms with van der Waals surface area (Å²) in [5.74, 6) is 1.58. The molecule has 0 spiro atoms. The van der Waals surface area contributed by atoms with Gasteiger partial charge in [0.15, 0.2) is 34.5 Å². The number of ether oxygens (including phenoxy) is 6. The first kappa shape index (κ1) is 50.4. The van der Waals surface area contributed by atoms with Crippen molar-refractivity contribution in [1.82, 2.24) is 21.3 Å². The van der Waals surface area contributed by atoms with Crippen molar-refractivity contribution in [3.63, 3.8) is 0 Å². The Morgan fingerprint density at radius 3 is 0.904 bits per heavy atom. The Bertz CT molecular complexity index is 2620. The van der Waals surface area contributed by atoms with Crippen LogP contribution in [0.2, 0.25) is 0 Å². The van der Waals surface area contributed by atoms with Crippen LogP contribution < -0.4 is 49.7 Å². The Hall–Kier alpha value is -7.51. The van der Waals surface area contributed by atoms with E-state index in [1.54, 1.807) is 75.9 Å². The lowest BCUT2D eigenvalue weighted by atomic mass is 9.35. The van der Waals surface area contributed by atoms with Gasteiger partial charge >= 0.3 is 0 Å². The molecule has 380 valence electrons. The molecule has 6 aromatic rings. The van der Waals surface area contributed by atoms with Crippen molar-refractivity contribution in [2.45, 2.75) is 44.1 Å². The number of carbonyl (C=O) groups excluding carboxylic acids is 3. The maximum atomic E-state index is 14.5. The number of methoxy groups -OCH3 is 6. The van der Waals surface area contributed by atoms with Crippen molar-refractivity contribution in [3.05, 3.63) is 179 Å². The third-order valence-corrected chi connectivity index (χ3v) is 15.7. The van der Waals surface area contributed by atoms with E-state index in [4.69, 9.17) is 28.4 Å². The Balaban J connectivity index is 1.16. The fourth-order valence-electron chi connectivity index (χ4n) is 13.8. The molecule has 6 aromatic carbocycles. The summed E-state index contributed by atoms with van der Waals surface area (Å²) in [5, 5.41) is 14.5. The maximum Gasteiger partial charge on any atom is 0.255 e. The van der Waals surface area contributed by atoms with Crippen molar-refractivity contribution in [3.8, 4) is 34.5 Å². The van der Waals surface area contributed by atoms with Gasteiger partial charge in [-0.15, -0.1) is 0 Å². The molecule has 4 aliphatic carbocycles. The van der Waals surface area contributed by atoms with Gasteiger partial charge in [0.1, 0.15) is 0 Å². The molecule has 0 saturated heterocycles. The average Bonchev–Trinajstić information content (AvgIpc) is 3.43. The van der Waals surface area contributed by atoms with Crippen LogP contribution in [0.15, 0.2) is 146 Å². The molecule has 3 amide bonds. The van der Waals surface area contributed by atoms with Crippen LogP contribution in [0.3, 0.4) is 0 Å². The lowest BCUT2D eigenvalue weighted by Crippen LogP contribution is -2.69. The van der Waals surface area contributed by atoms with Crippen molar-refractivity contribution < 1.29 is 42.8 Å². The van der Waals surface area contributed by atoms with Crippen LogP contribution in [0.4, 0.5) is 0 Å². The second kappa shape index (κ2) is 20.9. The minimum Gasteiger partial charge on any atom is -0.493 e. The summed E-state index contributed by atoms with van der Waals surface area (Å²) in [5.41, 5.74) is 1.75. The number of carbonyl (C=O) groups is 3. The molecule has 10 rings (SSSR count). The Morgan fingerprint density at radius 2 is 0.644 bits per heavy atom. The summed E-state index contributed by atoms with van der Waals surface area (Å²) >= 11 is 0. The van der Waals surface area contributed by atoms with Gasteiger partial charge in [0, 0.05) is 26.2 Å². The van der Waals surface area contributed by atoms with E-state index in [0.717, 1.165) is 36.0 Å². The van der Waals surface area contributed by atoms with E-state index in [1.165, 1.54) is 21.3 Å². The van der Waals surface area contributed by atoms with Crippen molar-refractivity contribution >= 4 is 17.7 Å². The van der Waals surface area contributed by atoms with E-state index >= 15 is 0 Å². The SMILES string of the molecule is COc1cccc(C(=O)NCC23CC4(CNC(=O)c5cccc(OC)c5OC)CC(CNC(=O)c5cccc(OC)c5OC)(C2)CC(CNC(c2ccccc2)(c2ccccc2)c2ccccc2)(C3)C4)c1OC. The highest BCUT2D eigenvalue weighted by molar-refractivity contribution is 5.99. The van der Waals surface area contributed by atoms with Gasteiger partial charge in [-0.1, -0.05) is 109 Å². The zero-order chi connectivity index (χ0) is 51.3. The first-order chi connectivity index (χ1) is 35.4. The number of rotatable bonds is 21. The fourth-order valence-corrected chi connectivity index (χ4v) is 13.8. The highest BCUT2D eigenvalue weighted by Gasteiger charge is 2.68. The van der Waals surface area contributed by atoms with Gasteiger partial charge in [0.2, 0.25) is 0 Å². The third kappa shape index (κ3) is 9.66. The number of amides is 3. The normalized spacial score (nSPS) is 21.6. The molecule has 0 aromatic heterocycles. The van der Waals surface area contributed by atoms with Gasteiger partial charge in [-0.3, -0.25) is 19.7 Å². The summed E-state index contributed by atoms with van der Waals surface area (Å²) in [6.07, 6.45) is 4.47. The van der Waals surface area contributed by atoms with Gasteiger partial charge in [0.05, 0.1) is 64.9 Å². The molecule has 0 atom stereocenters. The zero-order valence-electron chi connectivity index (χ0n) is 42.6. The summed E-state index contributed by atoms with van der Waals surface area (Å²) in [6, 6.07) is 47.6. The van der Waals surface area contributed by atoms with Gasteiger partial charge in [-0.2, -0.15) is 0 Å². The van der Waals surface area contributed by atoms with Crippen LogP contribution >= 0.6 is 0 Å². The summed E-state index contributed by atoms with van der Waals surface area (Å²) < 4.78 is 34.0. The molecule has 4 aliphatic rings. The molecule has 13 nitrogen and oxygen atoms in total. The second-order valence-electron chi connectivity index (χ2n) is 20.4. The quantitative estimate of drug-likeness (QED) is 0.0514. The molecule has 4 bridgehead atoms. The first-order valence-electron chi connectivity index (χ1n) is 24.8. The fraction of sp³-hybridized carbons (Fsp3) is 0.350. The van der Waals surface area contributed by atoms with Crippen molar-refractivity contribution in [2.75, 3.05) is 68.8 Å². The van der Waals surface area contributed by atoms with Gasteiger partial charge in [0.25, 0.3) is 17.7 Å². The maximum absolute atomic E-state index is 14.5. The van der Waals surface area contributed by atoms with E-state index in [-0.39, 0.29) is 17.7 Å². The van der Waals surface area contributed by atoms with Crippen LogP contribution in [0.5, 0.6) is 34.5 Å². The molecule has 0 unspecified atom stereocenters. The smallest absolute Gasteiger partial charge is 0.255 e. The predicted octanol–water partition coefficient (Wildman–Crippen LogP) is 9.24. The van der Waals surface area contributed by atoms with E-state index in [2.05, 4.69) is 94.1 Å². The molecule has 4 saturated carbocycles. The van der Waals surface area contributed by atoms with Crippen LogP contribution in [0.25, 0.3) is 0 Å². The van der Waals surface area contributed by atoms with E-state index < -0.39 is 27.2 Å². The van der Waals surface area contributed by atoms with Crippen LogP contribution in [0.1, 0.15) is 86.3 Å². The minimum absolute atomic E-state index is 0.283. The molecule has 4 fully saturated rings. The van der Waals surface area contributed by atoms with E-state index in [0.29, 0.717) is 96.6 Å². The van der Waals surface area contributed by atoms with Gasteiger partial charge in [-0.05, 0) is 113 Å². The number of hydrogen-bond donors (Lipinski definition) is 4. The van der Waals surface area contributed by atoms with Crippen molar-refractivity contribution in [2.24, 2.45) is 21.7 Å². The molecular weight excluding hydrogens is 921 g/mol. The number of hydrogen-bond acceptors (Lipinski definition) is 10. The standard InChI is InChI=1S/C60H66N4O9/c1-68-47-28-16-25-44(50(47)71-4)53(65)61-37-56-31-57(38-62-54(66)45-26-17-29-48(69-2)51(45)72-5)33-58(32-56,39-63-55(67)46-27-18-30-49(70-3)52(46)73-6)36-59(34-56,35-57)40-64-60(41-19-10-7-11-20-41,42-21-12-8-13-22-42)43-23-14-9-15-24-43/h7-30,64H,31-40H2,1-6H3,(H,61,65)(H,62,66)(H,63,67). The predicted molar refractivity (Wildman–Crippen MR) is 280 cm³/mol. The molecule has 13 heteroatoms. The molecular formula is C60H66N4O9. The highest BCUT2D eigenvalue weighted by atomic mass is 16.5. The summed E-state index contributed by atoms with van der Waals surface area (Å²) in [6.45, 7) is 1.60. The Kier molecular flexibility index (Phi) is 14.4. The lowest BCUT2D eigenvalue weighted by Gasteiger charge is -2.71. The highest BCUT2D eigenvalue weighted by Crippen LogP contribution is 2.73.